The van der Waals surface area contributed by atoms with Crippen molar-refractivity contribution >= 4 is 10.8 Å². The highest BCUT2D eigenvalue weighted by molar-refractivity contribution is 5.86. The first-order valence-corrected chi connectivity index (χ1v) is 7.01. The van der Waals surface area contributed by atoms with Crippen LogP contribution < -0.4 is 5.32 Å². The summed E-state index contributed by atoms with van der Waals surface area (Å²) in [6.45, 7) is 2.21. The molecule has 1 N–H and O–H groups in total. The highest BCUT2D eigenvalue weighted by Crippen LogP contribution is 2.27. The van der Waals surface area contributed by atoms with Gasteiger partial charge >= 0.3 is 0 Å². The predicted molar refractivity (Wildman–Crippen MR) is 83.0 cm³/mol. The van der Waals surface area contributed by atoms with Gasteiger partial charge < -0.3 is 14.6 Å². The quantitative estimate of drug-likeness (QED) is 0.705. The Morgan fingerprint density at radius 1 is 1.14 bits per heavy atom. The van der Waals surface area contributed by atoms with Crippen molar-refractivity contribution in [3.05, 3.63) is 54.2 Å². The standard InChI is InChI=1S/C17H18N2O2/c1-20-9-8-18-11-16-12-19-21-17(16)15-7-6-13-4-2-3-5-14(13)10-15/h2-7,10,12,18H,8-9,11H2,1H3. The predicted octanol–water partition coefficient (Wildman–Crippen LogP) is 3.23. The molecule has 1 heterocycles. The average molecular weight is 282 g/mol. The Morgan fingerprint density at radius 2 is 2.00 bits per heavy atom. The van der Waals surface area contributed by atoms with Gasteiger partial charge in [-0.05, 0) is 16.8 Å². The summed E-state index contributed by atoms with van der Waals surface area (Å²) in [4.78, 5) is 0. The van der Waals surface area contributed by atoms with Gasteiger partial charge in [-0.1, -0.05) is 41.6 Å². The van der Waals surface area contributed by atoms with Crippen LogP contribution in [0, 0.1) is 0 Å². The van der Waals surface area contributed by atoms with Crippen molar-refractivity contribution in [1.29, 1.82) is 0 Å². The molecule has 0 spiro atoms. The lowest BCUT2D eigenvalue weighted by Gasteiger charge is -2.05. The van der Waals surface area contributed by atoms with Crippen molar-refractivity contribution in [2.45, 2.75) is 6.54 Å². The molecule has 2 aromatic carbocycles. The Kier molecular flexibility index (Phi) is 4.28. The largest absolute Gasteiger partial charge is 0.383 e. The molecule has 1 aromatic heterocycles. The van der Waals surface area contributed by atoms with Crippen LogP contribution in [0.15, 0.2) is 53.2 Å². The summed E-state index contributed by atoms with van der Waals surface area (Å²) in [7, 11) is 1.70. The van der Waals surface area contributed by atoms with Gasteiger partial charge in [0.25, 0.3) is 0 Å². The van der Waals surface area contributed by atoms with Gasteiger partial charge in [0, 0.05) is 31.3 Å². The zero-order valence-electron chi connectivity index (χ0n) is 12.0. The molecule has 0 aliphatic heterocycles. The Labute approximate surface area is 123 Å². The summed E-state index contributed by atoms with van der Waals surface area (Å²) in [5.41, 5.74) is 2.11. The van der Waals surface area contributed by atoms with E-state index in [1.807, 2.05) is 12.1 Å². The van der Waals surface area contributed by atoms with Gasteiger partial charge in [-0.15, -0.1) is 0 Å². The molecule has 0 unspecified atom stereocenters. The number of fused-ring (bicyclic) bond motifs is 1. The molecule has 0 saturated heterocycles. The molecule has 0 radical (unpaired) electrons. The SMILES string of the molecule is COCCNCc1cnoc1-c1ccc2ccccc2c1. The summed E-state index contributed by atoms with van der Waals surface area (Å²) in [5, 5.41) is 9.66. The second-order valence-electron chi connectivity index (χ2n) is 4.91. The number of ether oxygens (including phenoxy) is 1. The zero-order chi connectivity index (χ0) is 14.5. The highest BCUT2D eigenvalue weighted by Gasteiger charge is 2.10. The summed E-state index contributed by atoms with van der Waals surface area (Å²) in [6, 6.07) is 14.6. The summed E-state index contributed by atoms with van der Waals surface area (Å²) < 4.78 is 10.5. The van der Waals surface area contributed by atoms with Crippen LogP contribution in [0.25, 0.3) is 22.1 Å². The molecule has 0 fully saturated rings. The minimum atomic E-state index is 0.691. The van der Waals surface area contributed by atoms with Crippen LogP contribution in [0.5, 0.6) is 0 Å². The van der Waals surface area contributed by atoms with E-state index in [0.717, 1.165) is 30.0 Å². The van der Waals surface area contributed by atoms with E-state index in [2.05, 4.69) is 40.8 Å². The number of nitrogens with one attached hydrogen (secondary N) is 1. The van der Waals surface area contributed by atoms with Crippen molar-refractivity contribution in [3.63, 3.8) is 0 Å². The van der Waals surface area contributed by atoms with Crippen LogP contribution in [0.4, 0.5) is 0 Å². The number of hydrogen-bond donors (Lipinski definition) is 1. The first-order valence-electron chi connectivity index (χ1n) is 7.01. The molecule has 3 rings (SSSR count). The van der Waals surface area contributed by atoms with Crippen LogP contribution in [-0.2, 0) is 11.3 Å². The number of hydrogen-bond acceptors (Lipinski definition) is 4. The highest BCUT2D eigenvalue weighted by atomic mass is 16.5. The third-order valence-electron chi connectivity index (χ3n) is 3.45. The zero-order valence-corrected chi connectivity index (χ0v) is 12.0. The van der Waals surface area contributed by atoms with E-state index >= 15 is 0 Å². The van der Waals surface area contributed by atoms with Gasteiger partial charge in [-0.25, -0.2) is 0 Å². The van der Waals surface area contributed by atoms with Gasteiger partial charge in [0.1, 0.15) is 0 Å². The number of methoxy groups -OCH3 is 1. The fourth-order valence-electron chi connectivity index (χ4n) is 2.35. The molecular formula is C17H18N2O2. The molecule has 21 heavy (non-hydrogen) atoms. The second-order valence-corrected chi connectivity index (χ2v) is 4.91. The monoisotopic (exact) mass is 282 g/mol. The summed E-state index contributed by atoms with van der Waals surface area (Å²) in [6.07, 6.45) is 1.77. The number of rotatable bonds is 6. The summed E-state index contributed by atoms with van der Waals surface area (Å²) in [5.74, 6) is 0.825. The molecule has 0 atom stereocenters. The van der Waals surface area contributed by atoms with Crippen molar-refractivity contribution in [2.75, 3.05) is 20.3 Å². The number of aromatic nitrogens is 1. The van der Waals surface area contributed by atoms with Crippen molar-refractivity contribution < 1.29 is 9.26 Å². The van der Waals surface area contributed by atoms with E-state index < -0.39 is 0 Å². The fraction of sp³-hybridized carbons (Fsp3) is 0.235. The van der Waals surface area contributed by atoms with Gasteiger partial charge in [0.2, 0.25) is 0 Å². The fourth-order valence-corrected chi connectivity index (χ4v) is 2.35. The molecule has 0 amide bonds. The summed E-state index contributed by atoms with van der Waals surface area (Å²) >= 11 is 0. The molecule has 0 aliphatic rings. The minimum Gasteiger partial charge on any atom is -0.383 e. The molecule has 108 valence electrons. The van der Waals surface area contributed by atoms with E-state index in [1.54, 1.807) is 13.3 Å². The Bertz CT molecular complexity index is 721. The molecule has 4 nitrogen and oxygen atoms in total. The van der Waals surface area contributed by atoms with Gasteiger partial charge in [-0.3, -0.25) is 0 Å². The number of nitrogens with zero attached hydrogens (tertiary/aromatic N) is 1. The molecular weight excluding hydrogens is 264 g/mol. The van der Waals surface area contributed by atoms with Crippen molar-refractivity contribution in [3.8, 4) is 11.3 Å². The molecule has 0 bridgehead atoms. The Morgan fingerprint density at radius 3 is 2.86 bits per heavy atom. The Hall–Kier alpha value is -2.17. The van der Waals surface area contributed by atoms with Gasteiger partial charge in [0.15, 0.2) is 5.76 Å². The molecule has 3 aromatic rings. The van der Waals surface area contributed by atoms with Crippen molar-refractivity contribution in [2.24, 2.45) is 0 Å². The molecule has 0 aliphatic carbocycles. The van der Waals surface area contributed by atoms with E-state index in [-0.39, 0.29) is 0 Å². The van der Waals surface area contributed by atoms with Gasteiger partial charge in [-0.2, -0.15) is 0 Å². The smallest absolute Gasteiger partial charge is 0.171 e. The third kappa shape index (κ3) is 3.12. The minimum absolute atomic E-state index is 0.691. The molecule has 0 saturated carbocycles. The van der Waals surface area contributed by atoms with Crippen LogP contribution >= 0.6 is 0 Å². The van der Waals surface area contributed by atoms with E-state index in [9.17, 15) is 0 Å². The van der Waals surface area contributed by atoms with Crippen molar-refractivity contribution in [1.82, 2.24) is 10.5 Å². The Balaban J connectivity index is 1.83. The topological polar surface area (TPSA) is 47.3 Å². The maximum absolute atomic E-state index is 5.44. The normalized spacial score (nSPS) is 11.1. The lowest BCUT2D eigenvalue weighted by atomic mass is 10.0. The maximum Gasteiger partial charge on any atom is 0.171 e. The second kappa shape index (κ2) is 6.52. The third-order valence-corrected chi connectivity index (χ3v) is 3.45. The van der Waals surface area contributed by atoms with Crippen LogP contribution in [-0.4, -0.2) is 25.4 Å². The first kappa shape index (κ1) is 13.8. The number of benzene rings is 2. The van der Waals surface area contributed by atoms with E-state index in [1.165, 1.54) is 10.8 Å². The average Bonchev–Trinajstić information content (AvgIpc) is 2.99. The first-order chi connectivity index (χ1) is 10.4. The lowest BCUT2D eigenvalue weighted by Crippen LogP contribution is -2.18. The van der Waals surface area contributed by atoms with E-state index in [0.29, 0.717) is 6.61 Å². The maximum atomic E-state index is 5.44. The van der Waals surface area contributed by atoms with Crippen LogP contribution in [0.1, 0.15) is 5.56 Å². The van der Waals surface area contributed by atoms with Crippen LogP contribution in [0.2, 0.25) is 0 Å². The molecule has 4 heteroatoms. The van der Waals surface area contributed by atoms with Gasteiger partial charge in [0.05, 0.1) is 12.8 Å². The lowest BCUT2D eigenvalue weighted by molar-refractivity contribution is 0.199. The van der Waals surface area contributed by atoms with E-state index in [4.69, 9.17) is 9.26 Å². The van der Waals surface area contributed by atoms with Crippen LogP contribution in [0.3, 0.4) is 0 Å².